The van der Waals surface area contributed by atoms with Gasteiger partial charge in [-0.15, -0.1) is 0 Å². The molecule has 2 heterocycles. The molecule has 0 radical (unpaired) electrons. The van der Waals surface area contributed by atoms with Crippen LogP contribution < -0.4 is 10.1 Å². The van der Waals surface area contributed by atoms with E-state index in [1.807, 2.05) is 19.2 Å². The Morgan fingerprint density at radius 3 is 2.85 bits per heavy atom. The standard InChI is InChI=1S/C18H17F2N3O3/c1-2-23-8-7-13(22-23)10-21-18(24)17-6-4-14(26-17)11-25-16-5-3-12(19)9-15(16)20/h3-9H,2,10-11H2,1H3,(H,21,24). The molecule has 2 aromatic heterocycles. The lowest BCUT2D eigenvalue weighted by molar-refractivity contribution is 0.0918. The summed E-state index contributed by atoms with van der Waals surface area (Å²) in [6.07, 6.45) is 1.83. The quantitative estimate of drug-likeness (QED) is 0.701. The SMILES string of the molecule is CCn1ccc(CNC(=O)c2ccc(COc3ccc(F)cc3F)o2)n1. The summed E-state index contributed by atoms with van der Waals surface area (Å²) in [5.41, 5.74) is 0.738. The molecule has 3 aromatic rings. The first-order valence-corrected chi connectivity index (χ1v) is 8.02. The Morgan fingerprint density at radius 1 is 1.27 bits per heavy atom. The summed E-state index contributed by atoms with van der Waals surface area (Å²) < 4.78 is 38.7. The minimum absolute atomic E-state index is 0.0866. The van der Waals surface area contributed by atoms with Gasteiger partial charge in [-0.05, 0) is 37.3 Å². The van der Waals surface area contributed by atoms with E-state index in [-0.39, 0.29) is 24.7 Å². The number of aromatic nitrogens is 2. The van der Waals surface area contributed by atoms with Gasteiger partial charge in [0.1, 0.15) is 18.2 Å². The van der Waals surface area contributed by atoms with Crippen LogP contribution in [0.25, 0.3) is 0 Å². The molecule has 1 N–H and O–H groups in total. The van der Waals surface area contributed by atoms with E-state index >= 15 is 0 Å². The van der Waals surface area contributed by atoms with Gasteiger partial charge in [0.15, 0.2) is 17.3 Å². The van der Waals surface area contributed by atoms with Gasteiger partial charge < -0.3 is 14.5 Å². The molecule has 136 valence electrons. The molecule has 0 bridgehead atoms. The molecule has 6 nitrogen and oxygen atoms in total. The van der Waals surface area contributed by atoms with Gasteiger partial charge in [0.25, 0.3) is 5.91 Å². The van der Waals surface area contributed by atoms with E-state index in [0.29, 0.717) is 5.76 Å². The molecule has 0 atom stereocenters. The Balaban J connectivity index is 1.54. The first-order chi connectivity index (χ1) is 12.5. The summed E-state index contributed by atoms with van der Waals surface area (Å²) in [6.45, 7) is 2.92. The minimum Gasteiger partial charge on any atom is -0.483 e. The van der Waals surface area contributed by atoms with Crippen LogP contribution in [0.5, 0.6) is 5.75 Å². The molecular weight excluding hydrogens is 344 g/mol. The number of halogens is 2. The van der Waals surface area contributed by atoms with Crippen molar-refractivity contribution >= 4 is 5.91 Å². The smallest absolute Gasteiger partial charge is 0.287 e. The summed E-state index contributed by atoms with van der Waals surface area (Å²) in [5.74, 6) is -1.53. The number of benzene rings is 1. The number of hydrogen-bond acceptors (Lipinski definition) is 4. The molecule has 0 saturated carbocycles. The van der Waals surface area contributed by atoms with Crippen molar-refractivity contribution in [1.29, 1.82) is 0 Å². The largest absolute Gasteiger partial charge is 0.483 e. The van der Waals surface area contributed by atoms with E-state index in [4.69, 9.17) is 9.15 Å². The number of nitrogens with zero attached hydrogens (tertiary/aromatic N) is 2. The number of nitrogens with one attached hydrogen (secondary N) is 1. The predicted molar refractivity (Wildman–Crippen MR) is 88.5 cm³/mol. The van der Waals surface area contributed by atoms with Gasteiger partial charge in [0.2, 0.25) is 0 Å². The van der Waals surface area contributed by atoms with Crippen LogP contribution in [0.3, 0.4) is 0 Å². The topological polar surface area (TPSA) is 69.3 Å². The molecule has 0 spiro atoms. The van der Waals surface area contributed by atoms with Crippen LogP contribution in [0.2, 0.25) is 0 Å². The van der Waals surface area contributed by atoms with Crippen molar-refractivity contribution in [2.75, 3.05) is 0 Å². The Morgan fingerprint density at radius 2 is 2.12 bits per heavy atom. The minimum atomic E-state index is -0.805. The molecule has 3 rings (SSSR count). The van der Waals surface area contributed by atoms with Crippen molar-refractivity contribution in [1.82, 2.24) is 15.1 Å². The lowest BCUT2D eigenvalue weighted by Crippen LogP contribution is -2.22. The lowest BCUT2D eigenvalue weighted by Gasteiger charge is -2.05. The Bertz CT molecular complexity index is 905. The third-order valence-corrected chi connectivity index (χ3v) is 3.60. The van der Waals surface area contributed by atoms with Gasteiger partial charge >= 0.3 is 0 Å². The van der Waals surface area contributed by atoms with Crippen LogP contribution in [0.4, 0.5) is 8.78 Å². The van der Waals surface area contributed by atoms with E-state index in [0.717, 1.165) is 24.4 Å². The number of furan rings is 1. The Kier molecular flexibility index (Phi) is 5.31. The highest BCUT2D eigenvalue weighted by Crippen LogP contribution is 2.19. The van der Waals surface area contributed by atoms with Crippen LogP contribution in [0.15, 0.2) is 47.0 Å². The van der Waals surface area contributed by atoms with Crippen molar-refractivity contribution in [3.05, 3.63) is 71.4 Å². The van der Waals surface area contributed by atoms with E-state index < -0.39 is 17.5 Å². The lowest BCUT2D eigenvalue weighted by atomic mass is 10.3. The number of ether oxygens (including phenoxy) is 1. The van der Waals surface area contributed by atoms with E-state index in [2.05, 4.69) is 10.4 Å². The van der Waals surface area contributed by atoms with E-state index in [1.54, 1.807) is 10.7 Å². The van der Waals surface area contributed by atoms with E-state index in [1.165, 1.54) is 12.1 Å². The maximum atomic E-state index is 13.5. The average molecular weight is 361 g/mol. The van der Waals surface area contributed by atoms with E-state index in [9.17, 15) is 13.6 Å². The number of amides is 1. The molecule has 8 heteroatoms. The summed E-state index contributed by atoms with van der Waals surface area (Å²) in [7, 11) is 0. The van der Waals surface area contributed by atoms with Crippen molar-refractivity contribution < 1.29 is 22.7 Å². The number of carbonyl (C=O) groups is 1. The summed E-state index contributed by atoms with van der Waals surface area (Å²) >= 11 is 0. The monoisotopic (exact) mass is 361 g/mol. The second kappa shape index (κ2) is 7.81. The molecular formula is C18H17F2N3O3. The highest BCUT2D eigenvalue weighted by Gasteiger charge is 2.13. The Labute approximate surface area is 148 Å². The molecule has 0 saturated heterocycles. The number of hydrogen-bond donors (Lipinski definition) is 1. The zero-order chi connectivity index (χ0) is 18.5. The van der Waals surface area contributed by atoms with Gasteiger partial charge in [0, 0.05) is 18.8 Å². The molecule has 0 unspecified atom stereocenters. The molecule has 0 aliphatic rings. The fourth-order valence-electron chi connectivity index (χ4n) is 2.25. The second-order valence-corrected chi connectivity index (χ2v) is 5.47. The van der Waals surface area contributed by atoms with Crippen LogP contribution in [0, 0.1) is 11.6 Å². The average Bonchev–Trinajstić information content (AvgIpc) is 3.28. The van der Waals surface area contributed by atoms with Crippen molar-refractivity contribution in [2.45, 2.75) is 26.6 Å². The summed E-state index contributed by atoms with van der Waals surface area (Å²) in [5, 5.41) is 6.97. The maximum Gasteiger partial charge on any atom is 0.287 e. The van der Waals surface area contributed by atoms with Gasteiger partial charge in [-0.25, -0.2) is 8.78 Å². The van der Waals surface area contributed by atoms with Crippen molar-refractivity contribution in [3.63, 3.8) is 0 Å². The molecule has 0 aliphatic carbocycles. The summed E-state index contributed by atoms with van der Waals surface area (Å²) in [6, 6.07) is 7.90. The van der Waals surface area contributed by atoms with Crippen molar-refractivity contribution in [3.8, 4) is 5.75 Å². The normalized spacial score (nSPS) is 10.7. The second-order valence-electron chi connectivity index (χ2n) is 5.47. The fraction of sp³-hybridized carbons (Fsp3) is 0.222. The molecule has 26 heavy (non-hydrogen) atoms. The summed E-state index contributed by atoms with van der Waals surface area (Å²) in [4.78, 5) is 12.1. The van der Waals surface area contributed by atoms with Crippen LogP contribution in [-0.2, 0) is 19.7 Å². The van der Waals surface area contributed by atoms with Crippen molar-refractivity contribution in [2.24, 2.45) is 0 Å². The number of rotatable bonds is 7. The van der Waals surface area contributed by atoms with Gasteiger partial charge in [-0.2, -0.15) is 5.10 Å². The van der Waals surface area contributed by atoms with Crippen LogP contribution in [-0.4, -0.2) is 15.7 Å². The third kappa shape index (κ3) is 4.27. The number of aryl methyl sites for hydroxylation is 1. The zero-order valence-corrected chi connectivity index (χ0v) is 14.0. The highest BCUT2D eigenvalue weighted by atomic mass is 19.1. The van der Waals surface area contributed by atoms with Crippen LogP contribution in [0.1, 0.15) is 28.9 Å². The zero-order valence-electron chi connectivity index (χ0n) is 14.0. The maximum absolute atomic E-state index is 13.5. The van der Waals surface area contributed by atoms with Gasteiger partial charge in [-0.1, -0.05) is 0 Å². The molecule has 0 fully saturated rings. The third-order valence-electron chi connectivity index (χ3n) is 3.60. The highest BCUT2D eigenvalue weighted by molar-refractivity contribution is 5.91. The first kappa shape index (κ1) is 17.7. The molecule has 0 aliphatic heterocycles. The Hall–Kier alpha value is -3.16. The number of carbonyl (C=O) groups excluding carboxylic acids is 1. The van der Waals surface area contributed by atoms with Crippen LogP contribution >= 0.6 is 0 Å². The molecule has 1 aromatic carbocycles. The first-order valence-electron chi connectivity index (χ1n) is 8.02. The van der Waals surface area contributed by atoms with Gasteiger partial charge in [-0.3, -0.25) is 9.48 Å². The predicted octanol–water partition coefficient (Wildman–Crippen LogP) is 3.28. The molecule has 1 amide bonds. The fourth-order valence-corrected chi connectivity index (χ4v) is 2.25. The van der Waals surface area contributed by atoms with Gasteiger partial charge in [0.05, 0.1) is 12.2 Å².